The number of nitrogens with one attached hydrogen (secondary N) is 1. The number of benzene rings is 1. The van der Waals surface area contributed by atoms with Crippen LogP contribution >= 0.6 is 0 Å². The molecule has 0 radical (unpaired) electrons. The Balaban J connectivity index is 1.74. The topological polar surface area (TPSA) is 49.3 Å². The van der Waals surface area contributed by atoms with Crippen molar-refractivity contribution in [3.63, 3.8) is 0 Å². The van der Waals surface area contributed by atoms with E-state index < -0.39 is 5.97 Å². The van der Waals surface area contributed by atoms with Crippen LogP contribution in [-0.4, -0.2) is 23.7 Å². The van der Waals surface area contributed by atoms with Gasteiger partial charge in [0.15, 0.2) is 0 Å². The molecule has 104 valence electrons. The fourth-order valence-electron chi connectivity index (χ4n) is 2.84. The van der Waals surface area contributed by atoms with Gasteiger partial charge in [-0.1, -0.05) is 37.5 Å². The monoisotopic (exact) mass is 261 g/mol. The highest BCUT2D eigenvalue weighted by Crippen LogP contribution is 2.17. The molecule has 0 atom stereocenters. The van der Waals surface area contributed by atoms with Crippen LogP contribution in [0.1, 0.15) is 54.4 Å². The van der Waals surface area contributed by atoms with E-state index in [4.69, 9.17) is 5.11 Å². The van der Waals surface area contributed by atoms with Crippen LogP contribution in [0.4, 0.5) is 0 Å². The van der Waals surface area contributed by atoms with Crippen molar-refractivity contribution >= 4 is 5.97 Å². The van der Waals surface area contributed by atoms with E-state index in [1.165, 1.54) is 32.1 Å². The summed E-state index contributed by atoms with van der Waals surface area (Å²) in [5.74, 6) is -0.823. The van der Waals surface area contributed by atoms with Crippen molar-refractivity contribution in [2.75, 3.05) is 6.54 Å². The third-order valence-corrected chi connectivity index (χ3v) is 3.91. The zero-order chi connectivity index (χ0) is 13.5. The summed E-state index contributed by atoms with van der Waals surface area (Å²) in [5, 5.41) is 12.7. The molecule has 0 saturated heterocycles. The summed E-state index contributed by atoms with van der Waals surface area (Å²) >= 11 is 0. The lowest BCUT2D eigenvalue weighted by Gasteiger charge is -2.22. The van der Waals surface area contributed by atoms with Crippen molar-refractivity contribution in [3.05, 3.63) is 35.4 Å². The van der Waals surface area contributed by atoms with Crippen LogP contribution in [0.2, 0.25) is 0 Å². The first-order valence-corrected chi connectivity index (χ1v) is 7.32. The van der Waals surface area contributed by atoms with E-state index >= 15 is 0 Å². The molecule has 0 bridgehead atoms. The minimum absolute atomic E-state index is 0.445. The summed E-state index contributed by atoms with van der Waals surface area (Å²) in [6.45, 7) is 0.985. The van der Waals surface area contributed by atoms with Crippen molar-refractivity contribution in [1.29, 1.82) is 0 Å². The van der Waals surface area contributed by atoms with Gasteiger partial charge in [0.2, 0.25) is 0 Å². The summed E-state index contributed by atoms with van der Waals surface area (Å²) in [5.41, 5.74) is 1.39. The maximum Gasteiger partial charge on any atom is 0.335 e. The molecule has 19 heavy (non-hydrogen) atoms. The number of carboxylic acid groups (broad SMARTS) is 1. The first-order chi connectivity index (χ1) is 9.27. The van der Waals surface area contributed by atoms with Crippen LogP contribution in [0.25, 0.3) is 0 Å². The summed E-state index contributed by atoms with van der Waals surface area (Å²) in [4.78, 5) is 11.1. The lowest BCUT2D eigenvalue weighted by atomic mass is 9.95. The number of carboxylic acids is 1. The molecule has 2 N–H and O–H groups in total. The van der Waals surface area contributed by atoms with Gasteiger partial charge in [-0.2, -0.15) is 0 Å². The van der Waals surface area contributed by atoms with Gasteiger partial charge in [0.05, 0.1) is 5.56 Å². The van der Waals surface area contributed by atoms with Gasteiger partial charge in [0.1, 0.15) is 0 Å². The Morgan fingerprint density at radius 1 is 1.21 bits per heavy atom. The Bertz CT molecular complexity index is 411. The average molecular weight is 261 g/mol. The zero-order valence-electron chi connectivity index (χ0n) is 11.4. The minimum atomic E-state index is -0.823. The quantitative estimate of drug-likeness (QED) is 0.773. The highest BCUT2D eigenvalue weighted by molar-refractivity contribution is 5.89. The molecular weight excluding hydrogens is 238 g/mol. The molecule has 1 saturated carbocycles. The predicted octanol–water partition coefficient (Wildman–Crippen LogP) is 3.24. The van der Waals surface area contributed by atoms with Crippen LogP contribution in [0.3, 0.4) is 0 Å². The van der Waals surface area contributed by atoms with Crippen molar-refractivity contribution in [2.24, 2.45) is 0 Å². The average Bonchev–Trinajstić information content (AvgIpc) is 2.45. The first-order valence-electron chi connectivity index (χ1n) is 7.32. The molecule has 2 rings (SSSR count). The summed E-state index contributed by atoms with van der Waals surface area (Å²) in [7, 11) is 0. The SMILES string of the molecule is O=C(O)c1ccccc1CCCNC1CCCCC1. The standard InChI is InChI=1S/C16H23NO2/c18-16(19)15-11-5-4-7-13(15)8-6-12-17-14-9-2-1-3-10-14/h4-5,7,11,14,17H,1-3,6,8-10,12H2,(H,18,19). The number of hydrogen-bond donors (Lipinski definition) is 2. The van der Waals surface area contributed by atoms with E-state index in [1.807, 2.05) is 12.1 Å². The molecule has 1 aliphatic carbocycles. The molecule has 0 amide bonds. The number of hydrogen-bond acceptors (Lipinski definition) is 2. The lowest BCUT2D eigenvalue weighted by Crippen LogP contribution is -2.31. The lowest BCUT2D eigenvalue weighted by molar-refractivity contribution is 0.0695. The third kappa shape index (κ3) is 4.35. The van der Waals surface area contributed by atoms with Gasteiger partial charge < -0.3 is 10.4 Å². The van der Waals surface area contributed by atoms with E-state index in [9.17, 15) is 4.79 Å². The van der Waals surface area contributed by atoms with Gasteiger partial charge in [-0.25, -0.2) is 4.79 Å². The molecule has 0 unspecified atom stereocenters. The van der Waals surface area contributed by atoms with Crippen molar-refractivity contribution in [3.8, 4) is 0 Å². The normalized spacial score (nSPS) is 16.4. The number of carbonyl (C=O) groups is 1. The number of aryl methyl sites for hydroxylation is 1. The Labute approximate surface area is 115 Å². The van der Waals surface area contributed by atoms with Gasteiger partial charge in [-0.3, -0.25) is 0 Å². The summed E-state index contributed by atoms with van der Waals surface area (Å²) < 4.78 is 0. The molecule has 1 aromatic carbocycles. The molecule has 0 spiro atoms. The van der Waals surface area contributed by atoms with Crippen molar-refractivity contribution in [2.45, 2.75) is 51.0 Å². The van der Waals surface area contributed by atoms with E-state index in [2.05, 4.69) is 5.32 Å². The molecule has 1 aliphatic rings. The minimum Gasteiger partial charge on any atom is -0.478 e. The first kappa shape index (κ1) is 14.1. The summed E-state index contributed by atoms with van der Waals surface area (Å²) in [6, 6.07) is 7.99. The van der Waals surface area contributed by atoms with Gasteiger partial charge in [0, 0.05) is 6.04 Å². The van der Waals surface area contributed by atoms with Crippen LogP contribution < -0.4 is 5.32 Å². The molecule has 0 aromatic heterocycles. The second kappa shape index (κ2) is 7.29. The van der Waals surface area contributed by atoms with Gasteiger partial charge in [-0.15, -0.1) is 0 Å². The molecule has 1 fully saturated rings. The molecule has 1 aromatic rings. The van der Waals surface area contributed by atoms with E-state index in [-0.39, 0.29) is 0 Å². The predicted molar refractivity (Wildman–Crippen MR) is 76.6 cm³/mol. The smallest absolute Gasteiger partial charge is 0.335 e. The highest BCUT2D eigenvalue weighted by Gasteiger charge is 2.12. The fraction of sp³-hybridized carbons (Fsp3) is 0.562. The molecule has 3 heteroatoms. The zero-order valence-corrected chi connectivity index (χ0v) is 11.4. The number of aromatic carboxylic acids is 1. The van der Waals surface area contributed by atoms with Gasteiger partial charge >= 0.3 is 5.97 Å². The molecule has 0 heterocycles. The Morgan fingerprint density at radius 3 is 2.68 bits per heavy atom. The van der Waals surface area contributed by atoms with Crippen molar-refractivity contribution < 1.29 is 9.90 Å². The van der Waals surface area contributed by atoms with E-state index in [1.54, 1.807) is 12.1 Å². The van der Waals surface area contributed by atoms with Crippen LogP contribution in [-0.2, 0) is 6.42 Å². The van der Waals surface area contributed by atoms with E-state index in [0.717, 1.165) is 24.9 Å². The molecule has 3 nitrogen and oxygen atoms in total. The van der Waals surface area contributed by atoms with Gasteiger partial charge in [0.25, 0.3) is 0 Å². The number of rotatable bonds is 6. The van der Waals surface area contributed by atoms with Crippen LogP contribution in [0.15, 0.2) is 24.3 Å². The Kier molecular flexibility index (Phi) is 5.40. The maximum absolute atomic E-state index is 11.1. The third-order valence-electron chi connectivity index (χ3n) is 3.91. The van der Waals surface area contributed by atoms with Gasteiger partial charge in [-0.05, 0) is 43.9 Å². The molecule has 0 aliphatic heterocycles. The van der Waals surface area contributed by atoms with Crippen LogP contribution in [0, 0.1) is 0 Å². The Morgan fingerprint density at radius 2 is 1.95 bits per heavy atom. The molecular formula is C16H23NO2. The maximum atomic E-state index is 11.1. The van der Waals surface area contributed by atoms with Crippen LogP contribution in [0.5, 0.6) is 0 Å². The fourth-order valence-corrected chi connectivity index (χ4v) is 2.84. The van der Waals surface area contributed by atoms with E-state index in [0.29, 0.717) is 11.6 Å². The van der Waals surface area contributed by atoms with Crippen molar-refractivity contribution in [1.82, 2.24) is 5.32 Å². The largest absolute Gasteiger partial charge is 0.478 e. The second-order valence-corrected chi connectivity index (χ2v) is 5.35. The highest BCUT2D eigenvalue weighted by atomic mass is 16.4. The summed E-state index contributed by atoms with van der Waals surface area (Å²) in [6.07, 6.45) is 8.50. The Hall–Kier alpha value is -1.35. The second-order valence-electron chi connectivity index (χ2n) is 5.35.